The fraction of sp³-hybridized carbons (Fsp3) is 0.500. The van der Waals surface area contributed by atoms with Crippen molar-refractivity contribution in [3.8, 4) is 0 Å². The normalized spacial score (nSPS) is 9.00. The summed E-state index contributed by atoms with van der Waals surface area (Å²) in [5.74, 6) is -0.826. The minimum atomic E-state index is -0.826. The van der Waals surface area contributed by atoms with E-state index in [9.17, 15) is 4.79 Å². The van der Waals surface area contributed by atoms with Crippen molar-refractivity contribution in [2.24, 2.45) is 0 Å². The van der Waals surface area contributed by atoms with Crippen LogP contribution in [0.25, 0.3) is 0 Å². The standard InChI is InChI=1S/C4H8O2S/c1-7(2)3-4(5)6/h3H,1-2H3,(H,5,6). The van der Waals surface area contributed by atoms with Gasteiger partial charge in [-0.15, -0.1) is 0 Å². The van der Waals surface area contributed by atoms with Crippen LogP contribution in [0.5, 0.6) is 0 Å². The molecule has 0 aromatic carbocycles. The Balaban J connectivity index is 3.68. The van der Waals surface area contributed by atoms with Gasteiger partial charge in [-0.05, 0) is 12.5 Å². The average molecular weight is 120 g/mol. The third-order valence-corrected chi connectivity index (χ3v) is 1.01. The topological polar surface area (TPSA) is 37.3 Å². The predicted octanol–water partition coefficient (Wildman–Crippen LogP) is 0.402. The van der Waals surface area contributed by atoms with Crippen LogP contribution in [0, 0.1) is 0 Å². The Morgan fingerprint density at radius 1 is 1.71 bits per heavy atom. The highest BCUT2D eigenvalue weighted by molar-refractivity contribution is 8.14. The van der Waals surface area contributed by atoms with E-state index in [4.69, 9.17) is 5.11 Å². The summed E-state index contributed by atoms with van der Waals surface area (Å²) in [6.45, 7) is 0. The van der Waals surface area contributed by atoms with E-state index in [2.05, 4.69) is 0 Å². The third-order valence-electron chi connectivity index (χ3n) is 0.337. The van der Waals surface area contributed by atoms with Gasteiger partial charge in [0.25, 0.3) is 0 Å². The first-order chi connectivity index (χ1) is 3.13. The van der Waals surface area contributed by atoms with Gasteiger partial charge in [0, 0.05) is 5.37 Å². The number of aliphatic carboxylic acids is 1. The summed E-state index contributed by atoms with van der Waals surface area (Å²) in [5.41, 5.74) is 0. The van der Waals surface area contributed by atoms with Crippen molar-refractivity contribution >= 4 is 21.8 Å². The first-order valence-electron chi connectivity index (χ1n) is 1.77. The lowest BCUT2D eigenvalue weighted by Crippen LogP contribution is -1.93. The van der Waals surface area contributed by atoms with Gasteiger partial charge in [0.15, 0.2) is 0 Å². The number of hydrogen-bond acceptors (Lipinski definition) is 1. The zero-order valence-corrected chi connectivity index (χ0v) is 5.16. The highest BCUT2D eigenvalue weighted by Gasteiger charge is 1.82. The highest BCUT2D eigenvalue weighted by atomic mass is 32.2. The molecule has 0 amide bonds. The average Bonchev–Trinajstić information content (AvgIpc) is 1.27. The van der Waals surface area contributed by atoms with Crippen molar-refractivity contribution in [3.05, 3.63) is 0 Å². The number of rotatable bonds is 1. The first kappa shape index (κ1) is 6.69. The summed E-state index contributed by atoms with van der Waals surface area (Å²) in [4.78, 5) is 9.76. The van der Waals surface area contributed by atoms with Crippen molar-refractivity contribution in [2.75, 3.05) is 12.5 Å². The number of carboxylic acids is 1. The fourth-order valence-corrected chi connectivity index (χ4v) is 0.605. The van der Waals surface area contributed by atoms with Gasteiger partial charge in [-0.3, -0.25) is 0 Å². The van der Waals surface area contributed by atoms with Gasteiger partial charge in [-0.2, -0.15) is 10.5 Å². The molecular weight excluding hydrogens is 112 g/mol. The summed E-state index contributed by atoms with van der Waals surface area (Å²) in [6, 6.07) is 0. The van der Waals surface area contributed by atoms with E-state index in [0.717, 1.165) is 0 Å². The second-order valence-electron chi connectivity index (χ2n) is 1.34. The minimum absolute atomic E-state index is 0.0702. The van der Waals surface area contributed by atoms with Crippen molar-refractivity contribution < 1.29 is 9.90 Å². The number of hydrogen-bond donors (Lipinski definition) is 1. The quantitative estimate of drug-likeness (QED) is 0.509. The molecule has 0 unspecified atom stereocenters. The molecule has 0 aliphatic heterocycles. The Morgan fingerprint density at radius 2 is 2.14 bits per heavy atom. The molecule has 0 atom stereocenters. The second kappa shape index (κ2) is 2.80. The zero-order chi connectivity index (χ0) is 5.86. The van der Waals surface area contributed by atoms with Crippen LogP contribution < -0.4 is 0 Å². The molecule has 0 aliphatic carbocycles. The number of carboxylic acid groups (broad SMARTS) is 1. The van der Waals surface area contributed by atoms with Crippen molar-refractivity contribution in [1.82, 2.24) is 0 Å². The maximum Gasteiger partial charge on any atom is 0.333 e. The van der Waals surface area contributed by atoms with Crippen LogP contribution in [-0.2, 0) is 4.79 Å². The Kier molecular flexibility index (Phi) is 2.67. The predicted molar refractivity (Wildman–Crippen MR) is 33.1 cm³/mol. The van der Waals surface area contributed by atoms with Gasteiger partial charge in [-0.1, -0.05) is 0 Å². The van der Waals surface area contributed by atoms with Crippen LogP contribution in [0.15, 0.2) is 0 Å². The maximum atomic E-state index is 9.76. The molecule has 0 aliphatic rings. The summed E-state index contributed by atoms with van der Waals surface area (Å²) in [5, 5.41) is 9.31. The minimum Gasteiger partial charge on any atom is -0.478 e. The molecule has 3 heteroatoms. The molecule has 0 saturated heterocycles. The van der Waals surface area contributed by atoms with Crippen LogP contribution >= 0.6 is 10.5 Å². The summed E-state index contributed by atoms with van der Waals surface area (Å²) < 4.78 is 0. The van der Waals surface area contributed by atoms with E-state index in [1.54, 1.807) is 0 Å². The van der Waals surface area contributed by atoms with E-state index in [1.165, 1.54) is 5.37 Å². The lowest BCUT2D eigenvalue weighted by atomic mass is 10.8. The largest absolute Gasteiger partial charge is 0.478 e. The smallest absolute Gasteiger partial charge is 0.333 e. The Bertz CT molecular complexity index is 102. The molecular formula is C4H8O2S. The fourth-order valence-electron chi connectivity index (χ4n) is 0.202. The molecule has 0 aromatic heterocycles. The lowest BCUT2D eigenvalue weighted by Gasteiger charge is -1.82. The van der Waals surface area contributed by atoms with E-state index in [0.29, 0.717) is 0 Å². The molecule has 0 fully saturated rings. The van der Waals surface area contributed by atoms with Crippen LogP contribution in [0.1, 0.15) is 0 Å². The Labute approximate surface area is 45.1 Å². The molecule has 7 heavy (non-hydrogen) atoms. The van der Waals surface area contributed by atoms with E-state index >= 15 is 0 Å². The van der Waals surface area contributed by atoms with Crippen molar-refractivity contribution in [2.45, 2.75) is 0 Å². The van der Waals surface area contributed by atoms with E-state index in [1.807, 2.05) is 12.5 Å². The van der Waals surface area contributed by atoms with Crippen LogP contribution in [0.2, 0.25) is 0 Å². The summed E-state index contributed by atoms with van der Waals surface area (Å²) in [6.07, 6.45) is 3.71. The lowest BCUT2D eigenvalue weighted by molar-refractivity contribution is -0.128. The molecule has 0 bridgehead atoms. The molecule has 0 heterocycles. The zero-order valence-electron chi connectivity index (χ0n) is 4.34. The Hall–Kier alpha value is -0.310. The van der Waals surface area contributed by atoms with Gasteiger partial charge < -0.3 is 5.11 Å². The molecule has 2 nitrogen and oxygen atoms in total. The molecule has 0 rings (SSSR count). The van der Waals surface area contributed by atoms with Gasteiger partial charge in [0.1, 0.15) is 0 Å². The van der Waals surface area contributed by atoms with Gasteiger partial charge in [-0.25, -0.2) is 4.79 Å². The third kappa shape index (κ3) is 5.69. The Morgan fingerprint density at radius 3 is 2.14 bits per heavy atom. The summed E-state index contributed by atoms with van der Waals surface area (Å²) in [7, 11) is -0.0702. The monoisotopic (exact) mass is 120 g/mol. The van der Waals surface area contributed by atoms with Crippen LogP contribution in [0.3, 0.4) is 0 Å². The maximum absolute atomic E-state index is 9.76. The van der Waals surface area contributed by atoms with Crippen molar-refractivity contribution in [1.29, 1.82) is 0 Å². The molecule has 1 N–H and O–H groups in total. The summed E-state index contributed by atoms with van der Waals surface area (Å²) >= 11 is 0. The van der Waals surface area contributed by atoms with Gasteiger partial charge >= 0.3 is 5.97 Å². The van der Waals surface area contributed by atoms with Gasteiger partial charge in [0.05, 0.1) is 0 Å². The van der Waals surface area contributed by atoms with Crippen LogP contribution in [-0.4, -0.2) is 29.0 Å². The number of carbonyl (C=O) groups is 1. The SMILES string of the molecule is CS(C)=CC(=O)O. The molecule has 0 aromatic rings. The molecule has 0 spiro atoms. The van der Waals surface area contributed by atoms with Crippen molar-refractivity contribution in [3.63, 3.8) is 0 Å². The molecule has 0 radical (unpaired) electrons. The second-order valence-corrected chi connectivity index (χ2v) is 3.33. The van der Waals surface area contributed by atoms with E-state index in [-0.39, 0.29) is 10.5 Å². The van der Waals surface area contributed by atoms with E-state index < -0.39 is 5.97 Å². The first-order valence-corrected chi connectivity index (χ1v) is 3.87. The highest BCUT2D eigenvalue weighted by Crippen LogP contribution is 1.92. The molecule has 42 valence electrons. The van der Waals surface area contributed by atoms with Gasteiger partial charge in [0.2, 0.25) is 0 Å². The van der Waals surface area contributed by atoms with Crippen LogP contribution in [0.4, 0.5) is 0 Å². The molecule has 0 saturated carbocycles.